The molecule has 0 saturated carbocycles. The van der Waals surface area contributed by atoms with Crippen molar-refractivity contribution in [3.8, 4) is 0 Å². The summed E-state index contributed by atoms with van der Waals surface area (Å²) in [6, 6.07) is 1.82. The van der Waals surface area contributed by atoms with Crippen LogP contribution in [-0.4, -0.2) is 67.3 Å². The number of aliphatic hydroxyl groups is 1. The molecule has 1 aliphatic heterocycles. The third-order valence-electron chi connectivity index (χ3n) is 3.61. The molecule has 2 heterocycles. The summed E-state index contributed by atoms with van der Waals surface area (Å²) in [4.78, 5) is 16.1. The van der Waals surface area contributed by atoms with Crippen molar-refractivity contribution in [1.82, 2.24) is 9.80 Å². The molecule has 112 valence electrons. The minimum Gasteiger partial charge on any atom is -0.463 e. The van der Waals surface area contributed by atoms with Crippen molar-refractivity contribution in [2.75, 3.05) is 46.4 Å². The zero-order valence-electron chi connectivity index (χ0n) is 11.9. The molecule has 6 heteroatoms. The van der Waals surface area contributed by atoms with E-state index in [1.807, 2.05) is 6.07 Å². The Bertz CT molecular complexity index is 433. The van der Waals surface area contributed by atoms with Gasteiger partial charge in [0.1, 0.15) is 0 Å². The van der Waals surface area contributed by atoms with Crippen molar-refractivity contribution < 1.29 is 19.1 Å². The highest BCUT2D eigenvalue weighted by Crippen LogP contribution is 2.15. The number of nitrogens with zero attached hydrogens (tertiary/aromatic N) is 2. The van der Waals surface area contributed by atoms with Crippen LogP contribution in [0.15, 0.2) is 16.7 Å². The van der Waals surface area contributed by atoms with Gasteiger partial charge in [-0.05, 0) is 25.6 Å². The minimum atomic E-state index is -0.429. The summed E-state index contributed by atoms with van der Waals surface area (Å²) >= 11 is 0. The van der Waals surface area contributed by atoms with Gasteiger partial charge in [0.25, 0.3) is 0 Å². The number of rotatable bonds is 5. The van der Waals surface area contributed by atoms with E-state index in [-0.39, 0.29) is 6.61 Å². The lowest BCUT2D eigenvalue weighted by atomic mass is 10.2. The first-order valence-electron chi connectivity index (χ1n) is 6.95. The summed E-state index contributed by atoms with van der Waals surface area (Å²) in [5.41, 5.74) is 0.868. The first kappa shape index (κ1) is 15.0. The van der Waals surface area contributed by atoms with E-state index in [9.17, 15) is 4.79 Å². The summed E-state index contributed by atoms with van der Waals surface area (Å²) in [6.45, 7) is 5.47. The number of ether oxygens (including phenoxy) is 1. The number of furan rings is 1. The minimum absolute atomic E-state index is 0.203. The van der Waals surface area contributed by atoms with Gasteiger partial charge in [-0.2, -0.15) is 0 Å². The van der Waals surface area contributed by atoms with Crippen LogP contribution in [0.25, 0.3) is 0 Å². The zero-order valence-corrected chi connectivity index (χ0v) is 11.9. The number of carbonyl (C=O) groups excluding carboxylic acids is 1. The Morgan fingerprint density at radius 1 is 1.35 bits per heavy atom. The third-order valence-corrected chi connectivity index (χ3v) is 3.61. The smallest absolute Gasteiger partial charge is 0.374 e. The van der Waals surface area contributed by atoms with E-state index in [0.717, 1.165) is 44.7 Å². The van der Waals surface area contributed by atoms with Crippen molar-refractivity contribution in [2.45, 2.75) is 13.0 Å². The molecule has 1 aliphatic rings. The second-order valence-electron chi connectivity index (χ2n) is 4.96. The molecule has 1 fully saturated rings. The van der Waals surface area contributed by atoms with E-state index >= 15 is 0 Å². The van der Waals surface area contributed by atoms with Gasteiger partial charge in [0.15, 0.2) is 0 Å². The van der Waals surface area contributed by atoms with Gasteiger partial charge in [-0.3, -0.25) is 9.80 Å². The van der Waals surface area contributed by atoms with Gasteiger partial charge in [-0.15, -0.1) is 0 Å². The van der Waals surface area contributed by atoms with E-state index in [2.05, 4.69) is 9.80 Å². The molecular weight excluding hydrogens is 260 g/mol. The van der Waals surface area contributed by atoms with Gasteiger partial charge in [-0.25, -0.2) is 4.79 Å². The van der Waals surface area contributed by atoms with Gasteiger partial charge in [0, 0.05) is 31.7 Å². The Kier molecular flexibility index (Phi) is 5.58. The van der Waals surface area contributed by atoms with Gasteiger partial charge in [0.2, 0.25) is 5.76 Å². The largest absolute Gasteiger partial charge is 0.463 e. The van der Waals surface area contributed by atoms with E-state index in [4.69, 9.17) is 14.3 Å². The molecule has 1 aromatic heterocycles. The van der Waals surface area contributed by atoms with Crippen LogP contribution in [0.5, 0.6) is 0 Å². The number of aliphatic hydroxyl groups excluding tert-OH is 1. The molecule has 0 spiro atoms. The average molecular weight is 282 g/mol. The molecule has 1 aromatic rings. The van der Waals surface area contributed by atoms with Crippen molar-refractivity contribution in [2.24, 2.45) is 0 Å². The van der Waals surface area contributed by atoms with E-state index < -0.39 is 5.97 Å². The standard InChI is InChI=1S/C14H22N2O4/c1-19-14(18)13-12(3-10-20-13)11-16-5-2-4-15(6-7-16)8-9-17/h3,10,17H,2,4-9,11H2,1H3. The lowest BCUT2D eigenvalue weighted by Gasteiger charge is -2.20. The molecule has 0 amide bonds. The van der Waals surface area contributed by atoms with E-state index in [1.165, 1.54) is 13.4 Å². The monoisotopic (exact) mass is 282 g/mol. The topological polar surface area (TPSA) is 66.2 Å². The van der Waals surface area contributed by atoms with E-state index in [1.54, 1.807) is 0 Å². The molecule has 6 nitrogen and oxygen atoms in total. The highest BCUT2D eigenvalue weighted by atomic mass is 16.5. The number of carbonyl (C=O) groups is 1. The molecule has 2 rings (SSSR count). The Labute approximate surface area is 118 Å². The molecule has 1 saturated heterocycles. The first-order chi connectivity index (χ1) is 9.74. The predicted octanol–water partition coefficient (Wildman–Crippen LogP) is 0.566. The number of β-amino-alcohol motifs (C(OH)–C–C–N with tert-alkyl or cyclic N) is 1. The van der Waals surface area contributed by atoms with Crippen molar-refractivity contribution in [3.63, 3.8) is 0 Å². The second kappa shape index (κ2) is 7.42. The van der Waals surface area contributed by atoms with Crippen LogP contribution >= 0.6 is 0 Å². The fourth-order valence-electron chi connectivity index (χ4n) is 2.52. The van der Waals surface area contributed by atoms with Gasteiger partial charge in [0.05, 0.1) is 20.0 Å². The van der Waals surface area contributed by atoms with Gasteiger partial charge >= 0.3 is 5.97 Å². The molecule has 0 unspecified atom stereocenters. The highest BCUT2D eigenvalue weighted by molar-refractivity contribution is 5.87. The molecule has 0 radical (unpaired) electrons. The quantitative estimate of drug-likeness (QED) is 0.796. The normalized spacial score (nSPS) is 17.9. The van der Waals surface area contributed by atoms with Gasteiger partial charge < -0.3 is 14.3 Å². The second-order valence-corrected chi connectivity index (χ2v) is 4.96. The predicted molar refractivity (Wildman–Crippen MR) is 73.5 cm³/mol. The molecule has 0 bridgehead atoms. The summed E-state index contributed by atoms with van der Waals surface area (Å²) in [5, 5.41) is 8.99. The van der Waals surface area contributed by atoms with Crippen LogP contribution in [0.1, 0.15) is 22.5 Å². The summed E-state index contributed by atoms with van der Waals surface area (Å²) in [7, 11) is 1.35. The molecule has 0 aromatic carbocycles. The van der Waals surface area contributed by atoms with E-state index in [0.29, 0.717) is 12.3 Å². The maximum Gasteiger partial charge on any atom is 0.374 e. The third kappa shape index (κ3) is 3.82. The van der Waals surface area contributed by atoms with Crippen LogP contribution in [0.3, 0.4) is 0 Å². The summed E-state index contributed by atoms with van der Waals surface area (Å²) < 4.78 is 9.92. The Morgan fingerprint density at radius 2 is 2.10 bits per heavy atom. The van der Waals surface area contributed by atoms with Crippen LogP contribution < -0.4 is 0 Å². The van der Waals surface area contributed by atoms with Crippen molar-refractivity contribution in [1.29, 1.82) is 0 Å². The Morgan fingerprint density at radius 3 is 2.85 bits per heavy atom. The number of hydrogen-bond acceptors (Lipinski definition) is 6. The Balaban J connectivity index is 1.93. The summed E-state index contributed by atoms with van der Waals surface area (Å²) in [5.74, 6) is -0.134. The molecular formula is C14H22N2O4. The average Bonchev–Trinajstić information content (AvgIpc) is 2.80. The number of esters is 1. The maximum atomic E-state index is 11.6. The fourth-order valence-corrected chi connectivity index (χ4v) is 2.52. The van der Waals surface area contributed by atoms with Gasteiger partial charge in [-0.1, -0.05) is 0 Å². The molecule has 1 N–H and O–H groups in total. The number of hydrogen-bond donors (Lipinski definition) is 1. The SMILES string of the molecule is COC(=O)c1occc1CN1CCCN(CCO)CC1. The lowest BCUT2D eigenvalue weighted by Crippen LogP contribution is -2.32. The maximum absolute atomic E-state index is 11.6. The lowest BCUT2D eigenvalue weighted by molar-refractivity contribution is 0.0561. The van der Waals surface area contributed by atoms with Crippen LogP contribution in [0.4, 0.5) is 0 Å². The van der Waals surface area contributed by atoms with Crippen LogP contribution in [0.2, 0.25) is 0 Å². The molecule has 20 heavy (non-hydrogen) atoms. The molecule has 0 atom stereocenters. The first-order valence-corrected chi connectivity index (χ1v) is 6.95. The van der Waals surface area contributed by atoms with Crippen molar-refractivity contribution >= 4 is 5.97 Å². The number of methoxy groups -OCH3 is 1. The van der Waals surface area contributed by atoms with Crippen LogP contribution in [-0.2, 0) is 11.3 Å². The van der Waals surface area contributed by atoms with Crippen molar-refractivity contribution in [3.05, 3.63) is 23.7 Å². The molecule has 0 aliphatic carbocycles. The fraction of sp³-hybridized carbons (Fsp3) is 0.643. The highest BCUT2D eigenvalue weighted by Gasteiger charge is 2.20. The van der Waals surface area contributed by atoms with Crippen LogP contribution in [0, 0.1) is 0 Å². The summed E-state index contributed by atoms with van der Waals surface area (Å²) in [6.07, 6.45) is 2.59. The zero-order chi connectivity index (χ0) is 14.4. The Hall–Kier alpha value is -1.37.